The Morgan fingerprint density at radius 2 is 1.61 bits per heavy atom. The van der Waals surface area contributed by atoms with Crippen molar-refractivity contribution in [2.45, 2.75) is 78.2 Å². The fourth-order valence-electron chi connectivity index (χ4n) is 2.65. The number of carbonyl (C=O) groups excluding carboxylic acids is 4. The Labute approximate surface area is 194 Å². The molecule has 0 saturated carbocycles. The van der Waals surface area contributed by atoms with E-state index in [0.717, 1.165) is 0 Å². The Kier molecular flexibility index (Phi) is 9.84. The van der Waals surface area contributed by atoms with Gasteiger partial charge in [-0.15, -0.1) is 0 Å². The van der Waals surface area contributed by atoms with Crippen molar-refractivity contribution in [1.82, 2.24) is 5.32 Å². The summed E-state index contributed by atoms with van der Waals surface area (Å²) < 4.78 is 15.2. The van der Waals surface area contributed by atoms with Crippen LogP contribution in [0, 0.1) is 0 Å². The van der Waals surface area contributed by atoms with Crippen LogP contribution < -0.4 is 10.6 Å². The maximum absolute atomic E-state index is 12.6. The first-order valence-corrected chi connectivity index (χ1v) is 10.5. The SMILES string of the molecule is COC(=O)c1ccc(NC(=O)CC[C@H](NC(=O)OC(C)(C)C)C(=O)OC(C)(C)C)c(CO)c1. The zero-order valence-electron chi connectivity index (χ0n) is 20.2. The highest BCUT2D eigenvalue weighted by Gasteiger charge is 2.29. The summed E-state index contributed by atoms with van der Waals surface area (Å²) >= 11 is 0. The zero-order valence-corrected chi connectivity index (χ0v) is 20.2. The first-order chi connectivity index (χ1) is 15.1. The average Bonchev–Trinajstić information content (AvgIpc) is 2.67. The van der Waals surface area contributed by atoms with Crippen LogP contribution in [-0.4, -0.2) is 53.4 Å². The molecule has 0 aliphatic heterocycles. The number of methoxy groups -OCH3 is 1. The van der Waals surface area contributed by atoms with Crippen molar-refractivity contribution >= 4 is 29.6 Å². The van der Waals surface area contributed by atoms with Crippen molar-refractivity contribution in [3.8, 4) is 0 Å². The topological polar surface area (TPSA) is 140 Å². The van der Waals surface area contributed by atoms with E-state index in [-0.39, 0.29) is 18.4 Å². The van der Waals surface area contributed by atoms with E-state index in [9.17, 15) is 24.3 Å². The predicted octanol–water partition coefficient (Wildman–Crippen LogP) is 2.92. The van der Waals surface area contributed by atoms with Gasteiger partial charge in [0.05, 0.1) is 19.3 Å². The molecule has 1 atom stereocenters. The number of esters is 2. The number of alkyl carbamates (subject to hydrolysis) is 1. The van der Waals surface area contributed by atoms with Gasteiger partial charge in [0.25, 0.3) is 0 Å². The average molecular weight is 467 g/mol. The molecule has 0 bridgehead atoms. The van der Waals surface area contributed by atoms with Crippen LogP contribution in [0.1, 0.15) is 70.3 Å². The van der Waals surface area contributed by atoms with Crippen molar-refractivity contribution in [2.75, 3.05) is 12.4 Å². The van der Waals surface area contributed by atoms with Crippen LogP contribution in [0.4, 0.5) is 10.5 Å². The Morgan fingerprint density at radius 1 is 1.00 bits per heavy atom. The van der Waals surface area contributed by atoms with E-state index in [4.69, 9.17) is 9.47 Å². The molecule has 0 spiro atoms. The van der Waals surface area contributed by atoms with E-state index in [1.165, 1.54) is 25.3 Å². The number of benzene rings is 1. The second-order valence-corrected chi connectivity index (χ2v) is 9.34. The molecule has 184 valence electrons. The molecule has 1 rings (SSSR count). The molecule has 0 saturated heterocycles. The minimum atomic E-state index is -1.11. The van der Waals surface area contributed by atoms with Crippen molar-refractivity contribution in [2.24, 2.45) is 0 Å². The predicted molar refractivity (Wildman–Crippen MR) is 121 cm³/mol. The summed E-state index contributed by atoms with van der Waals surface area (Å²) in [6, 6.07) is 3.23. The van der Waals surface area contributed by atoms with Gasteiger partial charge in [-0.1, -0.05) is 0 Å². The minimum absolute atomic E-state index is 0.0469. The fraction of sp³-hybridized carbons (Fsp3) is 0.565. The smallest absolute Gasteiger partial charge is 0.408 e. The van der Waals surface area contributed by atoms with Crippen LogP contribution in [0.3, 0.4) is 0 Å². The highest BCUT2D eigenvalue weighted by molar-refractivity contribution is 5.94. The number of aliphatic hydroxyl groups excluding tert-OH is 1. The molecule has 0 heterocycles. The van der Waals surface area contributed by atoms with Crippen molar-refractivity contribution < 1.29 is 38.5 Å². The van der Waals surface area contributed by atoms with Gasteiger partial charge in [-0.25, -0.2) is 14.4 Å². The number of hydrogen-bond donors (Lipinski definition) is 3. The van der Waals surface area contributed by atoms with Gasteiger partial charge in [0.2, 0.25) is 5.91 Å². The second-order valence-electron chi connectivity index (χ2n) is 9.34. The summed E-state index contributed by atoms with van der Waals surface area (Å²) in [6.45, 7) is 9.72. The van der Waals surface area contributed by atoms with E-state index in [1.807, 2.05) is 0 Å². The molecule has 0 aliphatic rings. The molecule has 0 unspecified atom stereocenters. The molecule has 2 amide bonds. The van der Waals surface area contributed by atoms with Gasteiger partial charge in [-0.05, 0) is 66.2 Å². The Hall–Kier alpha value is -3.14. The number of rotatable bonds is 8. The Bertz CT molecular complexity index is 868. The number of hydrogen-bond acceptors (Lipinski definition) is 8. The number of anilines is 1. The monoisotopic (exact) mass is 466 g/mol. The van der Waals surface area contributed by atoms with Crippen LogP contribution in [0.2, 0.25) is 0 Å². The van der Waals surface area contributed by atoms with Gasteiger partial charge in [-0.3, -0.25) is 4.79 Å². The van der Waals surface area contributed by atoms with Gasteiger partial charge in [0, 0.05) is 17.7 Å². The van der Waals surface area contributed by atoms with Gasteiger partial charge >= 0.3 is 18.0 Å². The number of amides is 2. The number of aliphatic hydroxyl groups is 1. The van der Waals surface area contributed by atoms with Crippen molar-refractivity contribution in [1.29, 1.82) is 0 Å². The Morgan fingerprint density at radius 3 is 2.12 bits per heavy atom. The molecule has 0 aromatic heterocycles. The summed E-state index contributed by atoms with van der Waals surface area (Å²) in [6.07, 6.45) is -0.988. The first-order valence-electron chi connectivity index (χ1n) is 10.5. The zero-order chi connectivity index (χ0) is 25.4. The highest BCUT2D eigenvalue weighted by atomic mass is 16.6. The molecule has 0 fully saturated rings. The van der Waals surface area contributed by atoms with Gasteiger partial charge < -0.3 is 30.0 Å². The third kappa shape index (κ3) is 10.3. The lowest BCUT2D eigenvalue weighted by molar-refractivity contribution is -0.157. The molecule has 10 heteroatoms. The molecule has 0 aliphatic carbocycles. The van der Waals surface area contributed by atoms with Crippen LogP contribution >= 0.6 is 0 Å². The quantitative estimate of drug-likeness (QED) is 0.392. The summed E-state index contributed by atoms with van der Waals surface area (Å²) in [7, 11) is 1.24. The molecule has 3 N–H and O–H groups in total. The molecule has 0 radical (unpaired) electrons. The number of ether oxygens (including phenoxy) is 3. The normalized spacial score (nSPS) is 12.4. The third-order valence-electron chi connectivity index (χ3n) is 4.01. The van der Waals surface area contributed by atoms with Crippen molar-refractivity contribution in [3.05, 3.63) is 29.3 Å². The van der Waals surface area contributed by atoms with Crippen LogP contribution in [0.15, 0.2) is 18.2 Å². The van der Waals surface area contributed by atoms with Crippen molar-refractivity contribution in [3.63, 3.8) is 0 Å². The van der Waals surface area contributed by atoms with Crippen LogP contribution in [0.5, 0.6) is 0 Å². The largest absolute Gasteiger partial charge is 0.465 e. The van der Waals surface area contributed by atoms with Crippen LogP contribution in [-0.2, 0) is 30.4 Å². The Balaban J connectivity index is 2.88. The molecule has 33 heavy (non-hydrogen) atoms. The maximum Gasteiger partial charge on any atom is 0.408 e. The number of nitrogens with one attached hydrogen (secondary N) is 2. The molecular formula is C23H34N2O8. The van der Waals surface area contributed by atoms with Gasteiger partial charge in [0.15, 0.2) is 0 Å². The van der Waals surface area contributed by atoms with E-state index < -0.39 is 47.8 Å². The summed E-state index contributed by atoms with van der Waals surface area (Å²) in [5, 5.41) is 14.7. The number of carbonyl (C=O) groups is 4. The van der Waals surface area contributed by atoms with E-state index in [0.29, 0.717) is 11.3 Å². The summed E-state index contributed by atoms with van der Waals surface area (Å²) in [5.74, 6) is -1.73. The van der Waals surface area contributed by atoms with E-state index in [2.05, 4.69) is 15.4 Å². The first kappa shape index (κ1) is 27.9. The lowest BCUT2D eigenvalue weighted by Gasteiger charge is -2.26. The lowest BCUT2D eigenvalue weighted by Crippen LogP contribution is -2.46. The van der Waals surface area contributed by atoms with Gasteiger partial charge in [0.1, 0.15) is 17.2 Å². The molecule has 10 nitrogen and oxygen atoms in total. The molecule has 1 aromatic carbocycles. The minimum Gasteiger partial charge on any atom is -0.465 e. The second kappa shape index (κ2) is 11.6. The fourth-order valence-corrected chi connectivity index (χ4v) is 2.65. The standard InChI is InChI=1S/C23H34N2O8/c1-22(2,3)32-20(29)17(25-21(30)33-23(4,5)6)10-11-18(27)24-16-9-8-14(19(28)31-7)12-15(16)13-26/h8-9,12,17,26H,10-11,13H2,1-7H3,(H,24,27)(H,25,30)/t17-/m0/s1. The third-order valence-corrected chi connectivity index (χ3v) is 4.01. The highest BCUT2D eigenvalue weighted by Crippen LogP contribution is 2.19. The molecular weight excluding hydrogens is 432 g/mol. The summed E-state index contributed by atoms with van der Waals surface area (Å²) in [5.41, 5.74) is -0.696. The molecule has 1 aromatic rings. The summed E-state index contributed by atoms with van der Waals surface area (Å²) in [4.78, 5) is 48.9. The van der Waals surface area contributed by atoms with Gasteiger partial charge in [-0.2, -0.15) is 0 Å². The lowest BCUT2D eigenvalue weighted by atomic mass is 10.1. The van der Waals surface area contributed by atoms with E-state index >= 15 is 0 Å². The van der Waals surface area contributed by atoms with Crippen LogP contribution in [0.25, 0.3) is 0 Å². The maximum atomic E-state index is 12.6. The van der Waals surface area contributed by atoms with E-state index in [1.54, 1.807) is 41.5 Å².